The Morgan fingerprint density at radius 3 is 2.73 bits per heavy atom. The Kier molecular flexibility index (Phi) is 5.08. The van der Waals surface area contributed by atoms with Crippen molar-refractivity contribution in [1.29, 1.82) is 0 Å². The van der Waals surface area contributed by atoms with Gasteiger partial charge in [-0.2, -0.15) is 0 Å². The number of ether oxygens (including phenoxy) is 1. The first-order valence-corrected chi connectivity index (χ1v) is 7.76. The van der Waals surface area contributed by atoms with Crippen molar-refractivity contribution in [3.05, 3.63) is 28.8 Å². The fourth-order valence-corrected chi connectivity index (χ4v) is 3.33. The maximum Gasteiger partial charge on any atom is 0.364 e. The fourth-order valence-electron chi connectivity index (χ4n) is 3.33. The van der Waals surface area contributed by atoms with Crippen LogP contribution in [0.25, 0.3) is 0 Å². The van der Waals surface area contributed by atoms with Crippen LogP contribution in [0.4, 0.5) is 0 Å². The molecular formula is C17H26NO4+. The number of aryl methyl sites for hydroxylation is 1. The molecular weight excluding hydrogens is 282 g/mol. The van der Waals surface area contributed by atoms with Crippen LogP contribution < -0.4 is 4.90 Å². The summed E-state index contributed by atoms with van der Waals surface area (Å²) >= 11 is 0. The Balaban J connectivity index is 2.25. The summed E-state index contributed by atoms with van der Waals surface area (Å²) in [6, 6.07) is 3.42. The van der Waals surface area contributed by atoms with Crippen LogP contribution in [0.5, 0.6) is 5.75 Å². The van der Waals surface area contributed by atoms with Gasteiger partial charge in [-0.15, -0.1) is 0 Å². The summed E-state index contributed by atoms with van der Waals surface area (Å²) in [5.41, 5.74) is 3.08. The van der Waals surface area contributed by atoms with Crippen molar-refractivity contribution in [3.63, 3.8) is 0 Å². The quantitative estimate of drug-likeness (QED) is 0.709. The predicted molar refractivity (Wildman–Crippen MR) is 82.9 cm³/mol. The summed E-state index contributed by atoms with van der Waals surface area (Å²) in [7, 11) is 1.37. The third-order valence-corrected chi connectivity index (χ3v) is 4.49. The molecule has 0 saturated carbocycles. The predicted octanol–water partition coefficient (Wildman–Crippen LogP) is 0.515. The number of quaternary nitrogens is 1. The van der Waals surface area contributed by atoms with Crippen LogP contribution in [0, 0.1) is 6.92 Å². The van der Waals surface area contributed by atoms with E-state index in [4.69, 9.17) is 4.74 Å². The van der Waals surface area contributed by atoms with Crippen LogP contribution in [-0.4, -0.2) is 42.0 Å². The van der Waals surface area contributed by atoms with E-state index in [0.717, 1.165) is 16.0 Å². The minimum Gasteiger partial charge on any atom is -0.507 e. The van der Waals surface area contributed by atoms with Gasteiger partial charge in [-0.1, -0.05) is 13.8 Å². The van der Waals surface area contributed by atoms with Crippen molar-refractivity contribution in [2.75, 3.05) is 13.7 Å². The average Bonchev–Trinajstić information content (AvgIpc) is 2.81. The lowest BCUT2D eigenvalue weighted by molar-refractivity contribution is -0.918. The number of aliphatic hydroxyl groups is 1. The number of phenolic OH excluding ortho intramolecular Hbond substituents is 1. The largest absolute Gasteiger partial charge is 0.507 e. The number of aliphatic hydroxyl groups excluding tert-OH is 1. The van der Waals surface area contributed by atoms with E-state index in [1.165, 1.54) is 12.7 Å². The summed E-state index contributed by atoms with van der Waals surface area (Å²) < 4.78 is 4.83. The first-order valence-electron chi connectivity index (χ1n) is 7.76. The van der Waals surface area contributed by atoms with Gasteiger partial charge in [0, 0.05) is 12.0 Å². The van der Waals surface area contributed by atoms with Crippen molar-refractivity contribution in [1.82, 2.24) is 0 Å². The topological polar surface area (TPSA) is 71.2 Å². The zero-order valence-electron chi connectivity index (χ0n) is 13.7. The Morgan fingerprint density at radius 2 is 2.14 bits per heavy atom. The molecule has 22 heavy (non-hydrogen) atoms. The van der Waals surface area contributed by atoms with Gasteiger partial charge >= 0.3 is 5.97 Å². The Hall–Kier alpha value is -1.59. The second-order valence-electron chi connectivity index (χ2n) is 6.50. The van der Waals surface area contributed by atoms with E-state index in [0.29, 0.717) is 25.4 Å². The lowest BCUT2D eigenvalue weighted by Crippen LogP contribution is -3.13. The van der Waals surface area contributed by atoms with Crippen molar-refractivity contribution in [2.24, 2.45) is 0 Å². The number of esters is 1. The van der Waals surface area contributed by atoms with Gasteiger partial charge in [0.15, 0.2) is 6.04 Å². The average molecular weight is 308 g/mol. The smallest absolute Gasteiger partial charge is 0.364 e. The van der Waals surface area contributed by atoms with E-state index >= 15 is 0 Å². The molecule has 0 aromatic heterocycles. The number of hydrogen-bond donors (Lipinski definition) is 3. The van der Waals surface area contributed by atoms with Gasteiger partial charge in [0.05, 0.1) is 7.11 Å². The summed E-state index contributed by atoms with van der Waals surface area (Å²) in [5, 5.41) is 20.1. The molecule has 5 nitrogen and oxygen atoms in total. The molecule has 1 aliphatic rings. The zero-order chi connectivity index (χ0) is 16.4. The van der Waals surface area contributed by atoms with E-state index in [1.54, 1.807) is 6.07 Å². The number of phenols is 1. The number of likely N-dealkylation sites (tertiary alicyclic amines) is 1. The molecule has 0 bridgehead atoms. The van der Waals surface area contributed by atoms with Crippen LogP contribution in [-0.2, 0) is 16.1 Å². The minimum absolute atomic E-state index is 0.249. The van der Waals surface area contributed by atoms with Crippen molar-refractivity contribution in [2.45, 2.75) is 51.8 Å². The zero-order valence-corrected chi connectivity index (χ0v) is 13.7. The monoisotopic (exact) mass is 308 g/mol. The SMILES string of the molecule is COC(=O)[C@@H]1C[C@H](O)C[NH+]1Cc1cc(C(C)C)c(C)cc1O. The van der Waals surface area contributed by atoms with Crippen LogP contribution in [0.2, 0.25) is 0 Å². The molecule has 5 heteroatoms. The highest BCUT2D eigenvalue weighted by Gasteiger charge is 2.41. The first-order chi connectivity index (χ1) is 10.3. The molecule has 1 heterocycles. The maximum absolute atomic E-state index is 11.9. The standard InChI is InChI=1S/C17H25NO4/c1-10(2)14-6-12(16(20)5-11(14)3)8-18-9-13(19)7-15(18)17(21)22-4/h5-6,10,13,15,19-20H,7-9H2,1-4H3/p+1/t13-,15-/m0/s1. The maximum atomic E-state index is 11.9. The molecule has 0 radical (unpaired) electrons. The van der Waals surface area contributed by atoms with Crippen molar-refractivity contribution >= 4 is 5.97 Å². The lowest BCUT2D eigenvalue weighted by Gasteiger charge is -2.21. The van der Waals surface area contributed by atoms with Crippen LogP contribution in [0.3, 0.4) is 0 Å². The molecule has 1 saturated heterocycles. The number of carbonyl (C=O) groups is 1. The molecule has 1 aromatic rings. The highest BCUT2D eigenvalue weighted by molar-refractivity contribution is 5.74. The van der Waals surface area contributed by atoms with Gasteiger partial charge in [0.25, 0.3) is 0 Å². The summed E-state index contributed by atoms with van der Waals surface area (Å²) in [6.45, 7) is 7.22. The molecule has 2 rings (SSSR count). The summed E-state index contributed by atoms with van der Waals surface area (Å²) in [6.07, 6.45) is -0.0951. The number of methoxy groups -OCH3 is 1. The highest BCUT2D eigenvalue weighted by Crippen LogP contribution is 2.27. The molecule has 1 fully saturated rings. The highest BCUT2D eigenvalue weighted by atomic mass is 16.5. The minimum atomic E-state index is -0.503. The van der Waals surface area contributed by atoms with Crippen molar-refractivity contribution in [3.8, 4) is 5.75 Å². The van der Waals surface area contributed by atoms with E-state index in [9.17, 15) is 15.0 Å². The molecule has 0 spiro atoms. The molecule has 1 unspecified atom stereocenters. The van der Waals surface area contributed by atoms with E-state index in [1.807, 2.05) is 13.0 Å². The lowest BCUT2D eigenvalue weighted by atomic mass is 9.95. The van der Waals surface area contributed by atoms with Gasteiger partial charge in [-0.05, 0) is 36.1 Å². The molecule has 1 aromatic carbocycles. The first kappa shape index (κ1) is 16.8. The van der Waals surface area contributed by atoms with Gasteiger partial charge in [0.2, 0.25) is 0 Å². The molecule has 0 aliphatic carbocycles. The molecule has 122 valence electrons. The van der Waals surface area contributed by atoms with Gasteiger partial charge < -0.3 is 19.8 Å². The van der Waals surface area contributed by atoms with Gasteiger partial charge in [-0.25, -0.2) is 4.79 Å². The number of rotatable bonds is 4. The van der Waals surface area contributed by atoms with E-state index in [2.05, 4.69) is 13.8 Å². The van der Waals surface area contributed by atoms with E-state index in [-0.39, 0.29) is 17.8 Å². The van der Waals surface area contributed by atoms with E-state index < -0.39 is 6.10 Å². The molecule has 1 aliphatic heterocycles. The molecule has 0 amide bonds. The summed E-state index contributed by atoms with van der Waals surface area (Å²) in [5.74, 6) is 0.316. The number of benzene rings is 1. The molecule has 3 N–H and O–H groups in total. The third-order valence-electron chi connectivity index (χ3n) is 4.49. The molecule has 3 atom stereocenters. The second kappa shape index (κ2) is 6.67. The Morgan fingerprint density at radius 1 is 1.45 bits per heavy atom. The number of nitrogens with one attached hydrogen (secondary N) is 1. The van der Waals surface area contributed by atoms with Gasteiger partial charge in [0.1, 0.15) is 24.9 Å². The Bertz CT molecular complexity index is 556. The number of hydrogen-bond acceptors (Lipinski definition) is 4. The normalized spacial score (nSPS) is 24.7. The Labute approximate surface area is 131 Å². The third kappa shape index (κ3) is 3.42. The summed E-state index contributed by atoms with van der Waals surface area (Å²) in [4.78, 5) is 12.8. The van der Waals surface area contributed by atoms with Crippen LogP contribution in [0.15, 0.2) is 12.1 Å². The fraction of sp³-hybridized carbons (Fsp3) is 0.588. The second-order valence-corrected chi connectivity index (χ2v) is 6.50. The number of carbonyl (C=O) groups excluding carboxylic acids is 1. The van der Waals surface area contributed by atoms with Crippen molar-refractivity contribution < 1.29 is 24.6 Å². The van der Waals surface area contributed by atoms with Gasteiger partial charge in [-0.3, -0.25) is 0 Å². The number of aromatic hydroxyl groups is 1. The van der Waals surface area contributed by atoms with Crippen LogP contribution in [0.1, 0.15) is 42.9 Å². The van der Waals surface area contributed by atoms with Crippen LogP contribution >= 0.6 is 0 Å².